The summed E-state index contributed by atoms with van der Waals surface area (Å²) >= 11 is 0. The molecule has 0 aliphatic heterocycles. The minimum Gasteiger partial charge on any atom is -0.385 e. The van der Waals surface area contributed by atoms with Crippen LogP contribution < -0.4 is 5.73 Å². The van der Waals surface area contributed by atoms with E-state index < -0.39 is 5.60 Å². The van der Waals surface area contributed by atoms with Gasteiger partial charge in [0.1, 0.15) is 0 Å². The van der Waals surface area contributed by atoms with Crippen molar-refractivity contribution in [2.75, 3.05) is 6.54 Å². The normalized spacial score (nSPS) is 16.6. The Morgan fingerprint density at radius 2 is 1.94 bits per heavy atom. The van der Waals surface area contributed by atoms with Gasteiger partial charge in [-0.15, -0.1) is 0 Å². The van der Waals surface area contributed by atoms with Gasteiger partial charge in [0, 0.05) is 5.92 Å². The van der Waals surface area contributed by atoms with Crippen LogP contribution in [0.25, 0.3) is 0 Å². The zero-order valence-electron chi connectivity index (χ0n) is 11.5. The molecule has 1 rings (SSSR count). The Hall–Kier alpha value is -0.860. The fourth-order valence-corrected chi connectivity index (χ4v) is 2.27. The smallest absolute Gasteiger partial charge is 0.0908 e. The lowest BCUT2D eigenvalue weighted by Crippen LogP contribution is -2.36. The van der Waals surface area contributed by atoms with Gasteiger partial charge in [-0.2, -0.15) is 0 Å². The second-order valence-corrected chi connectivity index (χ2v) is 5.17. The average Bonchev–Trinajstić information content (AvgIpc) is 2.29. The molecule has 0 saturated carbocycles. The number of benzene rings is 1. The molecule has 2 atom stereocenters. The van der Waals surface area contributed by atoms with Crippen molar-refractivity contribution in [2.45, 2.75) is 46.1 Å². The SMILES string of the molecule is CCCC(CN)C(C)(O)c1ccc(C)c(C)c1. The lowest BCUT2D eigenvalue weighted by molar-refractivity contribution is -0.00632. The van der Waals surface area contributed by atoms with Crippen molar-refractivity contribution in [2.24, 2.45) is 11.7 Å². The number of hydrogen-bond acceptors (Lipinski definition) is 2. The highest BCUT2D eigenvalue weighted by atomic mass is 16.3. The topological polar surface area (TPSA) is 46.2 Å². The molecule has 17 heavy (non-hydrogen) atoms. The van der Waals surface area contributed by atoms with Gasteiger partial charge in [-0.25, -0.2) is 0 Å². The lowest BCUT2D eigenvalue weighted by atomic mass is 9.79. The van der Waals surface area contributed by atoms with E-state index >= 15 is 0 Å². The fourth-order valence-electron chi connectivity index (χ4n) is 2.27. The number of aliphatic hydroxyl groups is 1. The Balaban J connectivity index is 3.05. The summed E-state index contributed by atoms with van der Waals surface area (Å²) in [5.74, 6) is 0.120. The number of nitrogens with two attached hydrogens (primary N) is 1. The highest BCUT2D eigenvalue weighted by molar-refractivity contribution is 5.33. The second-order valence-electron chi connectivity index (χ2n) is 5.17. The first-order chi connectivity index (χ1) is 7.93. The molecule has 0 fully saturated rings. The fraction of sp³-hybridized carbons (Fsp3) is 0.600. The Morgan fingerprint density at radius 1 is 1.29 bits per heavy atom. The maximum atomic E-state index is 10.7. The lowest BCUT2D eigenvalue weighted by Gasteiger charge is -2.33. The molecule has 0 saturated heterocycles. The van der Waals surface area contributed by atoms with Crippen LogP contribution in [0.4, 0.5) is 0 Å². The van der Waals surface area contributed by atoms with Crippen LogP contribution in [0.5, 0.6) is 0 Å². The van der Waals surface area contributed by atoms with Gasteiger partial charge in [-0.3, -0.25) is 0 Å². The van der Waals surface area contributed by atoms with E-state index in [1.165, 1.54) is 11.1 Å². The van der Waals surface area contributed by atoms with Crippen LogP contribution in [0, 0.1) is 19.8 Å². The number of rotatable bonds is 5. The van der Waals surface area contributed by atoms with E-state index in [0.29, 0.717) is 6.54 Å². The van der Waals surface area contributed by atoms with Gasteiger partial charge in [-0.1, -0.05) is 31.5 Å². The maximum absolute atomic E-state index is 10.7. The van der Waals surface area contributed by atoms with Crippen LogP contribution in [0.1, 0.15) is 43.4 Å². The van der Waals surface area contributed by atoms with Gasteiger partial charge in [-0.05, 0) is 50.4 Å². The molecule has 2 nitrogen and oxygen atoms in total. The first-order valence-electron chi connectivity index (χ1n) is 6.43. The van der Waals surface area contributed by atoms with E-state index in [1.54, 1.807) is 0 Å². The molecule has 3 N–H and O–H groups in total. The number of aryl methyl sites for hydroxylation is 2. The third kappa shape index (κ3) is 3.08. The molecule has 0 bridgehead atoms. The zero-order valence-corrected chi connectivity index (χ0v) is 11.5. The van der Waals surface area contributed by atoms with Crippen molar-refractivity contribution in [3.8, 4) is 0 Å². The van der Waals surface area contributed by atoms with Crippen molar-refractivity contribution in [3.05, 3.63) is 34.9 Å². The molecule has 0 aromatic heterocycles. The summed E-state index contributed by atoms with van der Waals surface area (Å²) < 4.78 is 0. The van der Waals surface area contributed by atoms with Crippen LogP contribution in [-0.2, 0) is 5.60 Å². The van der Waals surface area contributed by atoms with E-state index in [4.69, 9.17) is 5.73 Å². The molecule has 0 amide bonds. The molecular formula is C15H25NO. The summed E-state index contributed by atoms with van der Waals surface area (Å²) in [5, 5.41) is 10.7. The van der Waals surface area contributed by atoms with Gasteiger partial charge in [0.05, 0.1) is 5.60 Å². The van der Waals surface area contributed by atoms with Gasteiger partial charge < -0.3 is 10.8 Å². The third-order valence-corrected chi connectivity index (χ3v) is 3.81. The van der Waals surface area contributed by atoms with Crippen molar-refractivity contribution in [1.29, 1.82) is 0 Å². The molecule has 0 aliphatic carbocycles. The molecule has 96 valence electrons. The first-order valence-corrected chi connectivity index (χ1v) is 6.43. The Labute approximate surface area is 105 Å². The van der Waals surface area contributed by atoms with Gasteiger partial charge >= 0.3 is 0 Å². The number of hydrogen-bond donors (Lipinski definition) is 2. The highest BCUT2D eigenvalue weighted by Crippen LogP contribution is 2.32. The molecule has 2 heteroatoms. The summed E-state index contributed by atoms with van der Waals surface area (Å²) in [4.78, 5) is 0. The summed E-state index contributed by atoms with van der Waals surface area (Å²) in [6.45, 7) is 8.68. The van der Waals surface area contributed by atoms with E-state index in [9.17, 15) is 5.11 Å². The van der Waals surface area contributed by atoms with E-state index in [2.05, 4.69) is 32.9 Å². The van der Waals surface area contributed by atoms with Crippen LogP contribution in [-0.4, -0.2) is 11.7 Å². The summed E-state index contributed by atoms with van der Waals surface area (Å²) in [6, 6.07) is 6.16. The quantitative estimate of drug-likeness (QED) is 0.824. The van der Waals surface area contributed by atoms with Crippen molar-refractivity contribution in [3.63, 3.8) is 0 Å². The molecule has 0 radical (unpaired) electrons. The molecular weight excluding hydrogens is 210 g/mol. The molecule has 0 aliphatic rings. The molecule has 0 heterocycles. The van der Waals surface area contributed by atoms with Crippen molar-refractivity contribution < 1.29 is 5.11 Å². The predicted molar refractivity (Wildman–Crippen MR) is 72.9 cm³/mol. The molecule has 0 spiro atoms. The van der Waals surface area contributed by atoms with Crippen LogP contribution >= 0.6 is 0 Å². The second kappa shape index (κ2) is 5.65. The minimum atomic E-state index is -0.830. The van der Waals surface area contributed by atoms with Gasteiger partial charge in [0.2, 0.25) is 0 Å². The van der Waals surface area contributed by atoms with E-state index in [0.717, 1.165) is 18.4 Å². The third-order valence-electron chi connectivity index (χ3n) is 3.81. The van der Waals surface area contributed by atoms with Crippen LogP contribution in [0.15, 0.2) is 18.2 Å². The zero-order chi connectivity index (χ0) is 13.1. The Morgan fingerprint density at radius 3 is 2.41 bits per heavy atom. The summed E-state index contributed by atoms with van der Waals surface area (Å²) in [5.41, 5.74) is 8.41. The Kier molecular flexibility index (Phi) is 4.72. The largest absolute Gasteiger partial charge is 0.385 e. The summed E-state index contributed by atoms with van der Waals surface area (Å²) in [7, 11) is 0. The van der Waals surface area contributed by atoms with Crippen LogP contribution in [0.2, 0.25) is 0 Å². The predicted octanol–water partition coefficient (Wildman–Crippen LogP) is 2.89. The monoisotopic (exact) mass is 235 g/mol. The summed E-state index contributed by atoms with van der Waals surface area (Å²) in [6.07, 6.45) is 2.00. The van der Waals surface area contributed by atoms with Crippen molar-refractivity contribution in [1.82, 2.24) is 0 Å². The van der Waals surface area contributed by atoms with Gasteiger partial charge in [0.25, 0.3) is 0 Å². The van der Waals surface area contributed by atoms with E-state index in [1.807, 2.05) is 13.0 Å². The Bertz CT molecular complexity index is 371. The van der Waals surface area contributed by atoms with E-state index in [-0.39, 0.29) is 5.92 Å². The highest BCUT2D eigenvalue weighted by Gasteiger charge is 2.32. The van der Waals surface area contributed by atoms with Crippen LogP contribution in [0.3, 0.4) is 0 Å². The standard InChI is InChI=1S/C15H25NO/c1-5-6-14(10-16)15(4,17)13-8-7-11(2)12(3)9-13/h7-9,14,17H,5-6,10,16H2,1-4H3. The molecule has 1 aromatic rings. The average molecular weight is 235 g/mol. The minimum absolute atomic E-state index is 0.120. The molecule has 1 aromatic carbocycles. The van der Waals surface area contributed by atoms with Crippen molar-refractivity contribution >= 4 is 0 Å². The molecule has 2 unspecified atom stereocenters. The first kappa shape index (κ1) is 14.2. The maximum Gasteiger partial charge on any atom is 0.0908 e. The van der Waals surface area contributed by atoms with Gasteiger partial charge in [0.15, 0.2) is 0 Å².